The minimum Gasteiger partial charge on any atom is -0.328 e. The molecule has 4 heteroatoms. The Morgan fingerprint density at radius 3 is 2.32 bits per heavy atom. The third-order valence-corrected chi connectivity index (χ3v) is 2.88. The van der Waals surface area contributed by atoms with Crippen molar-refractivity contribution in [3.05, 3.63) is 64.1 Å². The van der Waals surface area contributed by atoms with Gasteiger partial charge in [-0.1, -0.05) is 26.0 Å². The maximum absolute atomic E-state index is 11.9. The fourth-order valence-corrected chi connectivity index (χ4v) is 1.71. The average molecular weight is 256 g/mol. The zero-order valence-corrected chi connectivity index (χ0v) is 10.9. The van der Waals surface area contributed by atoms with Gasteiger partial charge in [0.25, 0.3) is 5.91 Å². The number of hydrogen-bond donors (Lipinski definition) is 2. The van der Waals surface area contributed by atoms with Crippen molar-refractivity contribution in [2.45, 2.75) is 19.8 Å². The first-order valence-electron chi connectivity index (χ1n) is 6.16. The second-order valence-electron chi connectivity index (χ2n) is 4.67. The highest BCUT2D eigenvalue weighted by molar-refractivity contribution is 6.03. The molecule has 0 saturated carbocycles. The van der Waals surface area contributed by atoms with Gasteiger partial charge < -0.3 is 10.3 Å². The van der Waals surface area contributed by atoms with E-state index in [2.05, 4.69) is 24.1 Å². The fraction of sp³-hybridized carbons (Fsp3) is 0.200. The fourth-order valence-electron chi connectivity index (χ4n) is 1.71. The number of aromatic nitrogens is 1. The zero-order valence-electron chi connectivity index (χ0n) is 10.9. The molecule has 0 bridgehead atoms. The van der Waals surface area contributed by atoms with Gasteiger partial charge >= 0.3 is 0 Å². The number of amides is 1. The lowest BCUT2D eigenvalue weighted by Gasteiger charge is -2.08. The second-order valence-corrected chi connectivity index (χ2v) is 4.67. The van der Waals surface area contributed by atoms with Crippen LogP contribution in [0.3, 0.4) is 0 Å². The Bertz CT molecular complexity index is 607. The van der Waals surface area contributed by atoms with Crippen molar-refractivity contribution in [3.8, 4) is 0 Å². The summed E-state index contributed by atoms with van der Waals surface area (Å²) in [5.41, 5.74) is 2.16. The van der Waals surface area contributed by atoms with Crippen molar-refractivity contribution in [2.75, 3.05) is 5.32 Å². The summed E-state index contributed by atoms with van der Waals surface area (Å²) in [7, 11) is 0. The number of anilines is 1. The molecule has 19 heavy (non-hydrogen) atoms. The summed E-state index contributed by atoms with van der Waals surface area (Å²) in [6.07, 6.45) is 1.40. The molecule has 0 radical (unpaired) electrons. The smallest absolute Gasteiger partial charge is 0.257 e. The van der Waals surface area contributed by atoms with Crippen molar-refractivity contribution in [1.82, 2.24) is 4.98 Å². The van der Waals surface area contributed by atoms with Gasteiger partial charge in [-0.3, -0.25) is 9.59 Å². The summed E-state index contributed by atoms with van der Waals surface area (Å²) in [6.45, 7) is 4.24. The summed E-state index contributed by atoms with van der Waals surface area (Å²) in [4.78, 5) is 25.3. The topological polar surface area (TPSA) is 62.0 Å². The molecule has 2 rings (SSSR count). The van der Waals surface area contributed by atoms with Crippen molar-refractivity contribution in [2.24, 2.45) is 0 Å². The molecule has 0 aliphatic rings. The molecule has 0 saturated heterocycles. The van der Waals surface area contributed by atoms with Gasteiger partial charge in [-0.25, -0.2) is 0 Å². The molecule has 98 valence electrons. The number of pyridine rings is 1. The molecule has 1 aromatic carbocycles. The van der Waals surface area contributed by atoms with Crippen LogP contribution in [0, 0.1) is 0 Å². The predicted molar refractivity (Wildman–Crippen MR) is 75.5 cm³/mol. The van der Waals surface area contributed by atoms with Gasteiger partial charge in [0.1, 0.15) is 0 Å². The number of carbonyl (C=O) groups is 1. The molecule has 0 fully saturated rings. The molecule has 0 aliphatic carbocycles. The maximum Gasteiger partial charge on any atom is 0.257 e. The molecule has 2 N–H and O–H groups in total. The van der Waals surface area contributed by atoms with Gasteiger partial charge in [0.15, 0.2) is 0 Å². The van der Waals surface area contributed by atoms with E-state index >= 15 is 0 Å². The first-order valence-corrected chi connectivity index (χ1v) is 6.16. The van der Waals surface area contributed by atoms with E-state index in [-0.39, 0.29) is 11.5 Å². The van der Waals surface area contributed by atoms with E-state index in [0.29, 0.717) is 11.5 Å². The Balaban J connectivity index is 2.10. The number of nitrogens with one attached hydrogen (secondary N) is 2. The first-order chi connectivity index (χ1) is 9.06. The van der Waals surface area contributed by atoms with E-state index in [1.807, 2.05) is 24.3 Å². The van der Waals surface area contributed by atoms with E-state index in [4.69, 9.17) is 0 Å². The molecule has 0 spiro atoms. The van der Waals surface area contributed by atoms with E-state index < -0.39 is 0 Å². The SMILES string of the molecule is CC(C)c1ccc(NC(=O)c2ccc(=O)[nH]c2)cc1. The number of benzene rings is 1. The Morgan fingerprint density at radius 2 is 1.79 bits per heavy atom. The average Bonchev–Trinajstić information content (AvgIpc) is 2.40. The van der Waals surface area contributed by atoms with Crippen LogP contribution in [0.25, 0.3) is 0 Å². The lowest BCUT2D eigenvalue weighted by atomic mass is 10.0. The number of aromatic amines is 1. The van der Waals surface area contributed by atoms with Gasteiger partial charge in [0.2, 0.25) is 5.56 Å². The predicted octanol–water partition coefficient (Wildman–Crippen LogP) is 2.75. The lowest BCUT2D eigenvalue weighted by Crippen LogP contribution is -2.14. The summed E-state index contributed by atoms with van der Waals surface area (Å²) in [5.74, 6) is 0.220. The van der Waals surface area contributed by atoms with Crippen LogP contribution in [0.5, 0.6) is 0 Å². The number of rotatable bonds is 3. The monoisotopic (exact) mass is 256 g/mol. The number of hydrogen-bond acceptors (Lipinski definition) is 2. The standard InChI is InChI=1S/C15H16N2O2/c1-10(2)11-3-6-13(7-4-11)17-15(19)12-5-8-14(18)16-9-12/h3-10H,1-2H3,(H,16,18)(H,17,19). The van der Waals surface area contributed by atoms with Crippen LogP contribution in [0.4, 0.5) is 5.69 Å². The van der Waals surface area contributed by atoms with Crippen LogP contribution in [-0.4, -0.2) is 10.9 Å². The van der Waals surface area contributed by atoms with Gasteiger partial charge in [0.05, 0.1) is 5.56 Å². The van der Waals surface area contributed by atoms with Crippen molar-refractivity contribution >= 4 is 11.6 Å². The van der Waals surface area contributed by atoms with Crippen LogP contribution < -0.4 is 10.9 Å². The number of carbonyl (C=O) groups excluding carboxylic acids is 1. The van der Waals surface area contributed by atoms with E-state index in [1.165, 1.54) is 23.9 Å². The molecule has 0 aliphatic heterocycles. The Kier molecular flexibility index (Phi) is 3.80. The second kappa shape index (κ2) is 5.52. The summed E-state index contributed by atoms with van der Waals surface area (Å²) >= 11 is 0. The molecular weight excluding hydrogens is 240 g/mol. The Hall–Kier alpha value is -2.36. The largest absolute Gasteiger partial charge is 0.328 e. The molecule has 2 aromatic rings. The van der Waals surface area contributed by atoms with Crippen LogP contribution in [0.1, 0.15) is 35.7 Å². The zero-order chi connectivity index (χ0) is 13.8. The summed E-state index contributed by atoms with van der Waals surface area (Å²) in [5, 5.41) is 2.78. The third-order valence-electron chi connectivity index (χ3n) is 2.88. The van der Waals surface area contributed by atoms with Crippen molar-refractivity contribution < 1.29 is 4.79 Å². The molecule has 0 unspecified atom stereocenters. The molecular formula is C15H16N2O2. The van der Waals surface area contributed by atoms with Gasteiger partial charge in [-0.2, -0.15) is 0 Å². The van der Waals surface area contributed by atoms with E-state index in [1.54, 1.807) is 0 Å². The molecule has 1 aromatic heterocycles. The number of H-pyrrole nitrogens is 1. The lowest BCUT2D eigenvalue weighted by molar-refractivity contribution is 0.102. The minimum atomic E-state index is -0.242. The highest BCUT2D eigenvalue weighted by Gasteiger charge is 2.06. The van der Waals surface area contributed by atoms with Crippen LogP contribution >= 0.6 is 0 Å². The van der Waals surface area contributed by atoms with Crippen LogP contribution in [-0.2, 0) is 0 Å². The maximum atomic E-state index is 11.9. The summed E-state index contributed by atoms with van der Waals surface area (Å²) < 4.78 is 0. The molecule has 1 heterocycles. The third kappa shape index (κ3) is 3.31. The van der Waals surface area contributed by atoms with E-state index in [0.717, 1.165) is 5.69 Å². The highest BCUT2D eigenvalue weighted by atomic mass is 16.1. The quantitative estimate of drug-likeness (QED) is 0.887. The van der Waals surface area contributed by atoms with Crippen LogP contribution in [0.15, 0.2) is 47.4 Å². The molecule has 0 atom stereocenters. The van der Waals surface area contributed by atoms with Gasteiger partial charge in [-0.15, -0.1) is 0 Å². The highest BCUT2D eigenvalue weighted by Crippen LogP contribution is 2.17. The first kappa shape index (κ1) is 13.1. The molecule has 4 nitrogen and oxygen atoms in total. The van der Waals surface area contributed by atoms with Gasteiger partial charge in [0, 0.05) is 18.0 Å². The normalized spacial score (nSPS) is 10.5. The van der Waals surface area contributed by atoms with Crippen LogP contribution in [0.2, 0.25) is 0 Å². The Morgan fingerprint density at radius 1 is 1.11 bits per heavy atom. The molecule has 1 amide bonds. The van der Waals surface area contributed by atoms with E-state index in [9.17, 15) is 9.59 Å². The van der Waals surface area contributed by atoms with Gasteiger partial charge in [-0.05, 0) is 29.7 Å². The van der Waals surface area contributed by atoms with Crippen molar-refractivity contribution in [1.29, 1.82) is 0 Å². The summed E-state index contributed by atoms with van der Waals surface area (Å²) in [6, 6.07) is 10.6. The van der Waals surface area contributed by atoms with Crippen molar-refractivity contribution in [3.63, 3.8) is 0 Å². The minimum absolute atomic E-state index is 0.224. The Labute approximate surface area is 111 Å².